The van der Waals surface area contributed by atoms with E-state index in [-0.39, 0.29) is 0 Å². The van der Waals surface area contributed by atoms with Crippen LogP contribution in [0.1, 0.15) is 52.4 Å². The highest BCUT2D eigenvalue weighted by molar-refractivity contribution is 4.91. The van der Waals surface area contributed by atoms with Gasteiger partial charge >= 0.3 is 0 Å². The van der Waals surface area contributed by atoms with E-state index in [0.29, 0.717) is 5.41 Å². The van der Waals surface area contributed by atoms with Gasteiger partial charge in [0.15, 0.2) is 0 Å². The van der Waals surface area contributed by atoms with Crippen LogP contribution in [0, 0.1) is 5.41 Å². The van der Waals surface area contributed by atoms with Crippen molar-refractivity contribution in [2.45, 2.75) is 64.5 Å². The Balaban J connectivity index is 1.55. The molecule has 2 saturated heterocycles. The van der Waals surface area contributed by atoms with Crippen LogP contribution in [0.2, 0.25) is 0 Å². The normalized spacial score (nSPS) is 36.0. The van der Waals surface area contributed by atoms with Crippen LogP contribution in [-0.2, 0) is 0 Å². The summed E-state index contributed by atoms with van der Waals surface area (Å²) in [5, 5.41) is 0. The van der Waals surface area contributed by atoms with Crippen molar-refractivity contribution in [2.24, 2.45) is 5.41 Å². The van der Waals surface area contributed by atoms with Gasteiger partial charge < -0.3 is 0 Å². The molecule has 3 aliphatic rings. The van der Waals surface area contributed by atoms with E-state index in [9.17, 15) is 0 Å². The molecular weight excluding hydrogens is 208 g/mol. The van der Waals surface area contributed by atoms with Crippen molar-refractivity contribution in [3.05, 3.63) is 0 Å². The Morgan fingerprint density at radius 3 is 2.29 bits per heavy atom. The molecular formula is C15H28N2. The van der Waals surface area contributed by atoms with Gasteiger partial charge in [-0.15, -0.1) is 0 Å². The van der Waals surface area contributed by atoms with Crippen molar-refractivity contribution in [3.8, 4) is 0 Å². The van der Waals surface area contributed by atoms with E-state index in [1.165, 1.54) is 64.7 Å². The third-order valence-corrected chi connectivity index (χ3v) is 5.44. The predicted molar refractivity (Wildman–Crippen MR) is 72.2 cm³/mol. The number of piperazine rings is 1. The van der Waals surface area contributed by atoms with E-state index in [1.807, 2.05) is 0 Å². The summed E-state index contributed by atoms with van der Waals surface area (Å²) in [6, 6.07) is 1.81. The molecule has 98 valence electrons. The third-order valence-electron chi connectivity index (χ3n) is 5.44. The zero-order valence-electron chi connectivity index (χ0n) is 11.6. The topological polar surface area (TPSA) is 6.48 Å². The molecule has 1 atom stereocenters. The van der Waals surface area contributed by atoms with Crippen molar-refractivity contribution >= 4 is 0 Å². The molecule has 1 aliphatic carbocycles. The summed E-state index contributed by atoms with van der Waals surface area (Å²) in [4.78, 5) is 5.55. The Kier molecular flexibility index (Phi) is 3.20. The average molecular weight is 236 g/mol. The second kappa shape index (κ2) is 4.55. The van der Waals surface area contributed by atoms with Gasteiger partial charge in [0.1, 0.15) is 0 Å². The lowest BCUT2D eigenvalue weighted by molar-refractivity contribution is 0.0401. The molecule has 3 rings (SSSR count). The smallest absolute Gasteiger partial charge is 0.0224 e. The van der Waals surface area contributed by atoms with Gasteiger partial charge in [0.05, 0.1) is 0 Å². The summed E-state index contributed by atoms with van der Waals surface area (Å²) in [6.45, 7) is 10.3. The van der Waals surface area contributed by atoms with E-state index >= 15 is 0 Å². The van der Waals surface area contributed by atoms with Gasteiger partial charge in [-0.3, -0.25) is 9.80 Å². The number of hydrogen-bond acceptors (Lipinski definition) is 2. The lowest BCUT2D eigenvalue weighted by atomic mass is 9.75. The first-order valence-corrected chi connectivity index (χ1v) is 7.62. The van der Waals surface area contributed by atoms with Gasteiger partial charge in [0, 0.05) is 31.7 Å². The number of nitrogens with zero attached hydrogens (tertiary/aromatic N) is 2. The van der Waals surface area contributed by atoms with Crippen molar-refractivity contribution in [1.82, 2.24) is 9.80 Å². The minimum absolute atomic E-state index is 0.617. The lowest BCUT2D eigenvalue weighted by Crippen LogP contribution is -2.54. The monoisotopic (exact) mass is 236 g/mol. The van der Waals surface area contributed by atoms with Crippen LogP contribution in [0.4, 0.5) is 0 Å². The largest absolute Gasteiger partial charge is 0.298 e. The van der Waals surface area contributed by atoms with Crippen molar-refractivity contribution in [2.75, 3.05) is 26.2 Å². The average Bonchev–Trinajstić information content (AvgIpc) is 2.76. The fraction of sp³-hybridized carbons (Fsp3) is 1.00. The molecule has 2 nitrogen and oxygen atoms in total. The molecule has 0 aromatic carbocycles. The fourth-order valence-electron chi connectivity index (χ4n) is 4.10. The summed E-state index contributed by atoms with van der Waals surface area (Å²) in [5.74, 6) is 0. The minimum Gasteiger partial charge on any atom is -0.298 e. The molecule has 0 spiro atoms. The molecule has 3 fully saturated rings. The second-order valence-corrected chi connectivity index (χ2v) is 7.22. The van der Waals surface area contributed by atoms with Crippen molar-refractivity contribution < 1.29 is 0 Å². The minimum atomic E-state index is 0.617. The van der Waals surface area contributed by atoms with E-state index in [4.69, 9.17) is 0 Å². The van der Waals surface area contributed by atoms with Gasteiger partial charge in [-0.2, -0.15) is 0 Å². The summed E-state index contributed by atoms with van der Waals surface area (Å²) in [6.07, 6.45) is 8.65. The number of rotatable bonds is 1. The third kappa shape index (κ3) is 2.53. The molecule has 0 N–H and O–H groups in total. The number of hydrogen-bond donors (Lipinski definition) is 0. The molecule has 0 aromatic rings. The van der Waals surface area contributed by atoms with Crippen LogP contribution in [0.15, 0.2) is 0 Å². The standard InChI is InChI=1S/C15H28N2/c1-15(2)7-5-13(6-8-15)17-11-10-16-9-3-4-14(16)12-17/h13-14H,3-12H2,1-2H3. The lowest BCUT2D eigenvalue weighted by Gasteiger charge is -2.45. The molecule has 0 amide bonds. The first-order chi connectivity index (χ1) is 8.14. The van der Waals surface area contributed by atoms with E-state index in [0.717, 1.165) is 12.1 Å². The number of fused-ring (bicyclic) bond motifs is 1. The maximum atomic E-state index is 2.82. The molecule has 1 saturated carbocycles. The summed E-state index contributed by atoms with van der Waals surface area (Å²) in [7, 11) is 0. The quantitative estimate of drug-likeness (QED) is 0.691. The second-order valence-electron chi connectivity index (χ2n) is 7.22. The predicted octanol–water partition coefficient (Wildman–Crippen LogP) is 2.74. The van der Waals surface area contributed by atoms with E-state index in [1.54, 1.807) is 0 Å². The van der Waals surface area contributed by atoms with Crippen LogP contribution >= 0.6 is 0 Å². The van der Waals surface area contributed by atoms with Crippen LogP contribution in [0.5, 0.6) is 0 Å². The van der Waals surface area contributed by atoms with Crippen LogP contribution < -0.4 is 0 Å². The first kappa shape index (κ1) is 12.0. The molecule has 1 unspecified atom stereocenters. The molecule has 2 heterocycles. The SMILES string of the molecule is CC1(C)CCC(N2CCN3CCCC3C2)CC1. The molecule has 17 heavy (non-hydrogen) atoms. The molecule has 0 bridgehead atoms. The molecule has 2 aliphatic heterocycles. The summed E-state index contributed by atoms with van der Waals surface area (Å²) < 4.78 is 0. The van der Waals surface area contributed by atoms with Gasteiger partial charge in [0.25, 0.3) is 0 Å². The Labute approximate surface area is 106 Å². The van der Waals surface area contributed by atoms with Crippen LogP contribution in [-0.4, -0.2) is 48.1 Å². The van der Waals surface area contributed by atoms with E-state index in [2.05, 4.69) is 23.6 Å². The summed E-state index contributed by atoms with van der Waals surface area (Å²) in [5.41, 5.74) is 0.617. The van der Waals surface area contributed by atoms with Gasteiger partial charge in [-0.05, 0) is 50.5 Å². The Morgan fingerprint density at radius 1 is 0.824 bits per heavy atom. The maximum absolute atomic E-state index is 2.82. The Bertz CT molecular complexity index is 264. The molecule has 0 aromatic heterocycles. The van der Waals surface area contributed by atoms with E-state index < -0.39 is 0 Å². The maximum Gasteiger partial charge on any atom is 0.0224 e. The highest BCUT2D eigenvalue weighted by atomic mass is 15.3. The summed E-state index contributed by atoms with van der Waals surface area (Å²) >= 11 is 0. The first-order valence-electron chi connectivity index (χ1n) is 7.62. The van der Waals surface area contributed by atoms with Gasteiger partial charge in [-0.25, -0.2) is 0 Å². The van der Waals surface area contributed by atoms with Crippen LogP contribution in [0.3, 0.4) is 0 Å². The highest BCUT2D eigenvalue weighted by Gasteiger charge is 2.36. The van der Waals surface area contributed by atoms with Crippen molar-refractivity contribution in [1.29, 1.82) is 0 Å². The zero-order valence-corrected chi connectivity index (χ0v) is 11.6. The zero-order chi connectivity index (χ0) is 11.9. The fourth-order valence-corrected chi connectivity index (χ4v) is 4.10. The van der Waals surface area contributed by atoms with Crippen molar-refractivity contribution in [3.63, 3.8) is 0 Å². The van der Waals surface area contributed by atoms with Gasteiger partial charge in [-0.1, -0.05) is 13.8 Å². The Hall–Kier alpha value is -0.0800. The molecule has 2 heteroatoms. The van der Waals surface area contributed by atoms with Crippen LogP contribution in [0.25, 0.3) is 0 Å². The van der Waals surface area contributed by atoms with Gasteiger partial charge in [0.2, 0.25) is 0 Å². The molecule has 0 radical (unpaired) electrons. The highest BCUT2D eigenvalue weighted by Crippen LogP contribution is 2.37. The Morgan fingerprint density at radius 2 is 1.53 bits per heavy atom.